The van der Waals surface area contributed by atoms with Gasteiger partial charge in [0.15, 0.2) is 5.76 Å². The third-order valence-electron chi connectivity index (χ3n) is 3.28. The number of aliphatic hydroxyl groups is 1. The van der Waals surface area contributed by atoms with Crippen LogP contribution in [-0.2, 0) is 0 Å². The lowest BCUT2D eigenvalue weighted by Crippen LogP contribution is -2.39. The highest BCUT2D eigenvalue weighted by molar-refractivity contribution is 9.10. The molecule has 1 aromatic heterocycles. The molecule has 0 aliphatic carbocycles. The maximum absolute atomic E-state index is 12.2. The van der Waals surface area contributed by atoms with Gasteiger partial charge in [-0.3, -0.25) is 4.79 Å². The predicted molar refractivity (Wildman–Crippen MR) is 81.7 cm³/mol. The number of hydrogen-bond acceptors (Lipinski definition) is 3. The van der Waals surface area contributed by atoms with Gasteiger partial charge in [0.2, 0.25) is 0 Å². The summed E-state index contributed by atoms with van der Waals surface area (Å²) < 4.78 is 6.42. The summed E-state index contributed by atoms with van der Waals surface area (Å²) in [4.78, 5) is 12.2. The molecule has 0 aliphatic heterocycles. The molecule has 2 rings (SSSR count). The van der Waals surface area contributed by atoms with Crippen LogP contribution in [0.15, 0.2) is 33.2 Å². The zero-order chi connectivity index (χ0) is 14.7. The highest BCUT2D eigenvalue weighted by Gasteiger charge is 2.19. The van der Waals surface area contributed by atoms with Crippen LogP contribution in [0.2, 0.25) is 0 Å². The number of hydrogen-bond donors (Lipinski definition) is 2. The van der Waals surface area contributed by atoms with Gasteiger partial charge in [0.25, 0.3) is 5.91 Å². The number of fused-ring (bicyclic) bond motifs is 1. The van der Waals surface area contributed by atoms with Crippen molar-refractivity contribution in [3.8, 4) is 0 Å². The Hall–Kier alpha value is -1.33. The summed E-state index contributed by atoms with van der Waals surface area (Å²) in [5.41, 5.74) is 0.668. The second-order valence-corrected chi connectivity index (χ2v) is 5.96. The molecule has 0 fully saturated rings. The van der Waals surface area contributed by atoms with E-state index in [4.69, 9.17) is 9.52 Å². The molecule has 108 valence electrons. The quantitative estimate of drug-likeness (QED) is 0.878. The van der Waals surface area contributed by atoms with E-state index >= 15 is 0 Å². The molecule has 0 spiro atoms. The van der Waals surface area contributed by atoms with Gasteiger partial charge in [0.05, 0.1) is 4.47 Å². The minimum Gasteiger partial charge on any atom is -0.450 e. The standard InChI is InChI=1S/C15H18BrNO3/c1-9(2)12(6-7-18)17-15(19)13-8-10-4-3-5-11(16)14(10)20-13/h3-5,8-9,12,18H,6-7H2,1-2H3,(H,17,19). The van der Waals surface area contributed by atoms with Crippen molar-refractivity contribution in [1.29, 1.82) is 0 Å². The fourth-order valence-corrected chi connectivity index (χ4v) is 2.55. The highest BCUT2D eigenvalue weighted by atomic mass is 79.9. The molecular formula is C15H18BrNO3. The first kappa shape index (κ1) is 15.1. The summed E-state index contributed by atoms with van der Waals surface area (Å²) in [6, 6.07) is 7.33. The Morgan fingerprint density at radius 3 is 2.80 bits per heavy atom. The summed E-state index contributed by atoms with van der Waals surface area (Å²) in [5, 5.41) is 12.8. The van der Waals surface area contributed by atoms with Crippen LogP contribution in [0.4, 0.5) is 0 Å². The predicted octanol–water partition coefficient (Wildman–Crippen LogP) is 3.33. The molecular weight excluding hydrogens is 322 g/mol. The number of aliphatic hydroxyl groups excluding tert-OH is 1. The highest BCUT2D eigenvalue weighted by Crippen LogP contribution is 2.27. The third kappa shape index (κ3) is 3.22. The van der Waals surface area contributed by atoms with E-state index in [0.29, 0.717) is 12.0 Å². The fourth-order valence-electron chi connectivity index (χ4n) is 2.09. The topological polar surface area (TPSA) is 62.5 Å². The van der Waals surface area contributed by atoms with Gasteiger partial charge in [-0.15, -0.1) is 0 Å². The van der Waals surface area contributed by atoms with Gasteiger partial charge in [-0.2, -0.15) is 0 Å². The molecule has 2 aromatic rings. The van der Waals surface area contributed by atoms with Crippen molar-refractivity contribution in [3.63, 3.8) is 0 Å². The van der Waals surface area contributed by atoms with Crippen molar-refractivity contribution in [1.82, 2.24) is 5.32 Å². The van der Waals surface area contributed by atoms with E-state index in [1.54, 1.807) is 6.07 Å². The van der Waals surface area contributed by atoms with Crippen molar-refractivity contribution in [2.75, 3.05) is 6.61 Å². The lowest BCUT2D eigenvalue weighted by atomic mass is 10.0. The summed E-state index contributed by atoms with van der Waals surface area (Å²) in [6.45, 7) is 4.07. The Kier molecular flexibility index (Phi) is 4.83. The normalized spacial score (nSPS) is 12.8. The molecule has 1 amide bonds. The van der Waals surface area contributed by atoms with E-state index in [2.05, 4.69) is 21.2 Å². The van der Waals surface area contributed by atoms with Crippen LogP contribution in [0.5, 0.6) is 0 Å². The maximum Gasteiger partial charge on any atom is 0.287 e. The van der Waals surface area contributed by atoms with Gasteiger partial charge in [0, 0.05) is 18.0 Å². The van der Waals surface area contributed by atoms with Crippen molar-refractivity contribution >= 4 is 32.8 Å². The summed E-state index contributed by atoms with van der Waals surface area (Å²) in [6.07, 6.45) is 0.535. The monoisotopic (exact) mass is 339 g/mol. The number of benzene rings is 1. The first-order valence-electron chi connectivity index (χ1n) is 6.62. The van der Waals surface area contributed by atoms with E-state index < -0.39 is 0 Å². The number of furan rings is 1. The molecule has 0 aliphatic rings. The Labute approximate surface area is 126 Å². The molecule has 1 atom stereocenters. The van der Waals surface area contributed by atoms with E-state index in [1.165, 1.54) is 0 Å². The van der Waals surface area contributed by atoms with Crippen molar-refractivity contribution in [2.24, 2.45) is 5.92 Å². The number of para-hydroxylation sites is 1. The molecule has 5 heteroatoms. The van der Waals surface area contributed by atoms with E-state index in [-0.39, 0.29) is 30.2 Å². The van der Waals surface area contributed by atoms with Gasteiger partial charge < -0.3 is 14.8 Å². The SMILES string of the molecule is CC(C)C(CCO)NC(=O)c1cc2cccc(Br)c2o1. The van der Waals surface area contributed by atoms with Gasteiger partial charge in [-0.25, -0.2) is 0 Å². The Morgan fingerprint density at radius 1 is 1.45 bits per heavy atom. The lowest BCUT2D eigenvalue weighted by Gasteiger charge is -2.20. The number of carbonyl (C=O) groups excluding carboxylic acids is 1. The van der Waals surface area contributed by atoms with Crippen LogP contribution < -0.4 is 5.32 Å². The summed E-state index contributed by atoms with van der Waals surface area (Å²) in [5.74, 6) is 0.290. The molecule has 2 N–H and O–H groups in total. The van der Waals surface area contributed by atoms with Crippen LogP contribution in [0.25, 0.3) is 11.0 Å². The third-order valence-corrected chi connectivity index (χ3v) is 3.91. The molecule has 0 bridgehead atoms. The van der Waals surface area contributed by atoms with Gasteiger partial charge in [-0.05, 0) is 40.4 Å². The molecule has 1 heterocycles. The second-order valence-electron chi connectivity index (χ2n) is 5.11. The minimum absolute atomic E-state index is 0.0504. The fraction of sp³-hybridized carbons (Fsp3) is 0.400. The number of carbonyl (C=O) groups is 1. The van der Waals surface area contributed by atoms with E-state index in [0.717, 1.165) is 9.86 Å². The first-order chi connectivity index (χ1) is 9.52. The van der Waals surface area contributed by atoms with Gasteiger partial charge in [0.1, 0.15) is 5.58 Å². The van der Waals surface area contributed by atoms with Crippen molar-refractivity contribution in [2.45, 2.75) is 26.3 Å². The van der Waals surface area contributed by atoms with Crippen LogP contribution in [0.3, 0.4) is 0 Å². The zero-order valence-corrected chi connectivity index (χ0v) is 13.1. The maximum atomic E-state index is 12.2. The van der Waals surface area contributed by atoms with Crippen LogP contribution >= 0.6 is 15.9 Å². The second kappa shape index (κ2) is 6.41. The molecule has 1 aromatic carbocycles. The average molecular weight is 340 g/mol. The largest absolute Gasteiger partial charge is 0.450 e. The van der Waals surface area contributed by atoms with Crippen molar-refractivity contribution in [3.05, 3.63) is 34.5 Å². The molecule has 0 saturated carbocycles. The Balaban J connectivity index is 2.20. The number of nitrogens with one attached hydrogen (secondary N) is 1. The molecule has 0 radical (unpaired) electrons. The number of amides is 1. The molecule has 0 saturated heterocycles. The summed E-state index contributed by atoms with van der Waals surface area (Å²) in [7, 11) is 0. The Morgan fingerprint density at radius 2 is 2.20 bits per heavy atom. The number of halogens is 1. The molecule has 20 heavy (non-hydrogen) atoms. The van der Waals surface area contributed by atoms with Gasteiger partial charge >= 0.3 is 0 Å². The zero-order valence-electron chi connectivity index (χ0n) is 11.5. The Bertz CT molecular complexity index is 606. The summed E-state index contributed by atoms with van der Waals surface area (Å²) >= 11 is 3.40. The van der Waals surface area contributed by atoms with Gasteiger partial charge in [-0.1, -0.05) is 26.0 Å². The van der Waals surface area contributed by atoms with Crippen LogP contribution in [-0.4, -0.2) is 23.7 Å². The molecule has 4 nitrogen and oxygen atoms in total. The minimum atomic E-state index is -0.250. The smallest absolute Gasteiger partial charge is 0.287 e. The number of rotatable bonds is 5. The lowest BCUT2D eigenvalue weighted by molar-refractivity contribution is 0.0890. The van der Waals surface area contributed by atoms with E-state index in [1.807, 2.05) is 32.0 Å². The van der Waals surface area contributed by atoms with Crippen LogP contribution in [0, 0.1) is 5.92 Å². The first-order valence-corrected chi connectivity index (χ1v) is 7.42. The van der Waals surface area contributed by atoms with Crippen LogP contribution in [0.1, 0.15) is 30.8 Å². The molecule has 1 unspecified atom stereocenters. The van der Waals surface area contributed by atoms with E-state index in [9.17, 15) is 4.79 Å². The van der Waals surface area contributed by atoms with Crippen molar-refractivity contribution < 1.29 is 14.3 Å². The average Bonchev–Trinajstić information content (AvgIpc) is 2.83.